The molecule has 1 fully saturated rings. The van der Waals surface area contributed by atoms with Gasteiger partial charge in [0, 0.05) is 45.8 Å². The Bertz CT molecular complexity index is 687. The number of carbonyl (C=O) groups is 1. The fourth-order valence-corrected chi connectivity index (χ4v) is 2.98. The third-order valence-corrected chi connectivity index (χ3v) is 4.20. The summed E-state index contributed by atoms with van der Waals surface area (Å²) in [7, 11) is 3.47. The number of amides is 1. The van der Waals surface area contributed by atoms with Gasteiger partial charge in [0.05, 0.1) is 6.54 Å². The second kappa shape index (κ2) is 6.00. The molecule has 0 unspecified atom stereocenters. The number of hydrogen-bond donors (Lipinski definition) is 1. The molecule has 1 aliphatic heterocycles. The van der Waals surface area contributed by atoms with E-state index < -0.39 is 5.60 Å². The van der Waals surface area contributed by atoms with Crippen LogP contribution in [0.25, 0.3) is 0 Å². The number of imidazole rings is 1. The summed E-state index contributed by atoms with van der Waals surface area (Å²) >= 11 is 0. The first-order chi connectivity index (χ1) is 11.0. The highest BCUT2D eigenvalue weighted by atomic mass is 16.3. The molecule has 1 N–H and O–H groups in total. The predicted octanol–water partition coefficient (Wildman–Crippen LogP) is 0.528. The summed E-state index contributed by atoms with van der Waals surface area (Å²) in [4.78, 5) is 24.4. The number of hydrogen-bond acceptors (Lipinski definition) is 5. The zero-order chi connectivity index (χ0) is 16.4. The lowest BCUT2D eigenvalue weighted by atomic mass is 10.0. The fraction of sp³-hybridized carbons (Fsp3) is 0.438. The van der Waals surface area contributed by atoms with Gasteiger partial charge in [-0.3, -0.25) is 4.79 Å². The van der Waals surface area contributed by atoms with Crippen molar-refractivity contribution in [3.05, 3.63) is 42.6 Å². The van der Waals surface area contributed by atoms with Crippen LogP contribution in [0.15, 0.2) is 36.8 Å². The maximum atomic E-state index is 12.4. The normalized spacial score (nSPS) is 20.7. The molecule has 0 radical (unpaired) electrons. The van der Waals surface area contributed by atoms with Gasteiger partial charge >= 0.3 is 0 Å². The molecular formula is C16H21N5O2. The molecule has 2 aromatic heterocycles. The highest BCUT2D eigenvalue weighted by molar-refractivity contribution is 5.90. The van der Waals surface area contributed by atoms with Gasteiger partial charge in [0.2, 0.25) is 0 Å². The van der Waals surface area contributed by atoms with Crippen molar-refractivity contribution >= 4 is 11.7 Å². The summed E-state index contributed by atoms with van der Waals surface area (Å²) in [5.74, 6) is 1.03. The zero-order valence-corrected chi connectivity index (χ0v) is 13.4. The minimum absolute atomic E-state index is 0.192. The van der Waals surface area contributed by atoms with E-state index in [-0.39, 0.29) is 12.5 Å². The van der Waals surface area contributed by atoms with Crippen LogP contribution in [0.3, 0.4) is 0 Å². The number of rotatable bonds is 4. The quantitative estimate of drug-likeness (QED) is 0.891. The first-order valence-electron chi connectivity index (χ1n) is 7.60. The third kappa shape index (κ3) is 3.19. The first kappa shape index (κ1) is 15.5. The number of carbonyl (C=O) groups excluding carboxylic acids is 1. The van der Waals surface area contributed by atoms with Crippen LogP contribution < -0.4 is 4.90 Å². The van der Waals surface area contributed by atoms with Gasteiger partial charge in [0.25, 0.3) is 5.91 Å². The van der Waals surface area contributed by atoms with Gasteiger partial charge in [0.1, 0.15) is 11.4 Å². The van der Waals surface area contributed by atoms with Gasteiger partial charge in [-0.15, -0.1) is 0 Å². The van der Waals surface area contributed by atoms with Crippen LogP contribution in [-0.4, -0.2) is 62.7 Å². The number of aliphatic hydroxyl groups is 1. The average molecular weight is 315 g/mol. The summed E-state index contributed by atoms with van der Waals surface area (Å²) in [6.45, 7) is 1.45. The predicted molar refractivity (Wildman–Crippen MR) is 86.2 cm³/mol. The highest BCUT2D eigenvalue weighted by Crippen LogP contribution is 2.26. The van der Waals surface area contributed by atoms with Crippen molar-refractivity contribution in [3.63, 3.8) is 0 Å². The van der Waals surface area contributed by atoms with Crippen molar-refractivity contribution in [1.29, 1.82) is 0 Å². The number of anilines is 1. The lowest BCUT2D eigenvalue weighted by Crippen LogP contribution is -2.46. The van der Waals surface area contributed by atoms with Gasteiger partial charge in [0.15, 0.2) is 5.82 Å². The second-order valence-electron chi connectivity index (χ2n) is 6.11. The van der Waals surface area contributed by atoms with Crippen LogP contribution in [0.1, 0.15) is 17.0 Å². The van der Waals surface area contributed by atoms with E-state index in [0.717, 1.165) is 12.4 Å². The van der Waals surface area contributed by atoms with E-state index in [9.17, 15) is 9.90 Å². The SMILES string of the molecule is CN(C[C@@]1(O)CCN(c2ccccn2)C1)C(=O)c1nccn1C. The molecule has 1 aliphatic rings. The number of aryl methyl sites for hydroxylation is 1. The van der Waals surface area contributed by atoms with Crippen molar-refractivity contribution in [2.45, 2.75) is 12.0 Å². The van der Waals surface area contributed by atoms with E-state index in [0.29, 0.717) is 18.8 Å². The van der Waals surface area contributed by atoms with Crippen LogP contribution in [0, 0.1) is 0 Å². The Balaban J connectivity index is 1.66. The zero-order valence-electron chi connectivity index (χ0n) is 13.4. The summed E-state index contributed by atoms with van der Waals surface area (Å²) in [6, 6.07) is 5.72. The summed E-state index contributed by atoms with van der Waals surface area (Å²) < 4.78 is 1.68. The maximum absolute atomic E-state index is 12.4. The second-order valence-corrected chi connectivity index (χ2v) is 6.11. The van der Waals surface area contributed by atoms with Crippen molar-refractivity contribution in [2.24, 2.45) is 7.05 Å². The van der Waals surface area contributed by atoms with E-state index in [1.165, 1.54) is 4.90 Å². The molecule has 0 aliphatic carbocycles. The van der Waals surface area contributed by atoms with Gasteiger partial charge in [-0.25, -0.2) is 9.97 Å². The Labute approximate surface area is 135 Å². The Morgan fingerprint density at radius 1 is 1.39 bits per heavy atom. The molecule has 7 heteroatoms. The van der Waals surface area contributed by atoms with E-state index in [4.69, 9.17) is 0 Å². The Morgan fingerprint density at radius 3 is 2.87 bits per heavy atom. The molecule has 3 heterocycles. The molecule has 1 amide bonds. The van der Waals surface area contributed by atoms with Crippen molar-refractivity contribution in [1.82, 2.24) is 19.4 Å². The van der Waals surface area contributed by atoms with Gasteiger partial charge in [-0.2, -0.15) is 0 Å². The van der Waals surface area contributed by atoms with E-state index in [2.05, 4.69) is 9.97 Å². The van der Waals surface area contributed by atoms with Crippen molar-refractivity contribution in [3.8, 4) is 0 Å². The number of pyridine rings is 1. The molecule has 0 saturated carbocycles. The van der Waals surface area contributed by atoms with E-state index in [1.807, 2.05) is 23.1 Å². The lowest BCUT2D eigenvalue weighted by Gasteiger charge is -2.29. The largest absolute Gasteiger partial charge is 0.386 e. The highest BCUT2D eigenvalue weighted by Gasteiger charge is 2.38. The molecule has 0 bridgehead atoms. The molecule has 1 saturated heterocycles. The van der Waals surface area contributed by atoms with Gasteiger partial charge < -0.3 is 19.5 Å². The molecular weight excluding hydrogens is 294 g/mol. The van der Waals surface area contributed by atoms with E-state index in [1.54, 1.807) is 37.3 Å². The molecule has 122 valence electrons. The number of β-amino-alcohol motifs (C(OH)–C–C–N with tert-alkyl or cyclic N) is 1. The molecule has 0 spiro atoms. The first-order valence-corrected chi connectivity index (χ1v) is 7.60. The minimum atomic E-state index is -0.937. The van der Waals surface area contributed by atoms with Crippen molar-refractivity contribution in [2.75, 3.05) is 31.6 Å². The van der Waals surface area contributed by atoms with Gasteiger partial charge in [-0.05, 0) is 18.6 Å². The lowest BCUT2D eigenvalue weighted by molar-refractivity contribution is 0.0257. The van der Waals surface area contributed by atoms with Crippen LogP contribution in [-0.2, 0) is 7.05 Å². The van der Waals surface area contributed by atoms with Crippen LogP contribution in [0.4, 0.5) is 5.82 Å². The van der Waals surface area contributed by atoms with E-state index >= 15 is 0 Å². The van der Waals surface area contributed by atoms with Crippen LogP contribution >= 0.6 is 0 Å². The van der Waals surface area contributed by atoms with Gasteiger partial charge in [-0.1, -0.05) is 6.07 Å². The Kier molecular flexibility index (Phi) is 4.04. The molecule has 23 heavy (non-hydrogen) atoms. The third-order valence-electron chi connectivity index (χ3n) is 4.20. The fourth-order valence-electron chi connectivity index (χ4n) is 2.98. The molecule has 0 aromatic carbocycles. The Hall–Kier alpha value is -2.41. The smallest absolute Gasteiger partial charge is 0.289 e. The monoisotopic (exact) mass is 315 g/mol. The topological polar surface area (TPSA) is 74.5 Å². The van der Waals surface area contributed by atoms with Crippen LogP contribution in [0.5, 0.6) is 0 Å². The molecule has 2 aromatic rings. The summed E-state index contributed by atoms with van der Waals surface area (Å²) in [5.41, 5.74) is -0.937. The number of likely N-dealkylation sites (N-methyl/N-ethyl adjacent to an activating group) is 1. The molecule has 7 nitrogen and oxygen atoms in total. The number of aromatic nitrogens is 3. The molecule has 3 rings (SSSR count). The molecule has 1 atom stereocenters. The van der Waals surface area contributed by atoms with Crippen molar-refractivity contribution < 1.29 is 9.90 Å². The average Bonchev–Trinajstić information content (AvgIpc) is 3.13. The summed E-state index contributed by atoms with van der Waals surface area (Å²) in [5, 5.41) is 10.8. The maximum Gasteiger partial charge on any atom is 0.289 e. The number of nitrogens with zero attached hydrogens (tertiary/aromatic N) is 5. The van der Waals surface area contributed by atoms with Crippen LogP contribution in [0.2, 0.25) is 0 Å². The minimum Gasteiger partial charge on any atom is -0.386 e. The standard InChI is InChI=1S/C16H21N5O2/c1-19-10-8-18-14(19)15(22)20(2)11-16(23)6-9-21(12-16)13-5-3-4-7-17-13/h3-5,7-8,10,23H,6,9,11-12H2,1-2H3/t16-/m0/s1. The summed E-state index contributed by atoms with van der Waals surface area (Å²) in [6.07, 6.45) is 5.66. The Morgan fingerprint density at radius 2 is 2.22 bits per heavy atom.